The molecular formula is C14H22N2O4. The predicted octanol–water partition coefficient (Wildman–Crippen LogP) is 2.12. The molecule has 0 unspecified atom stereocenters. The number of ether oxygens (including phenoxy) is 1. The highest BCUT2D eigenvalue weighted by Gasteiger charge is 2.17. The highest BCUT2D eigenvalue weighted by Crippen LogP contribution is 2.29. The van der Waals surface area contributed by atoms with Gasteiger partial charge in [0.25, 0.3) is 0 Å². The van der Waals surface area contributed by atoms with E-state index in [1.54, 1.807) is 20.8 Å². The first-order valence-corrected chi connectivity index (χ1v) is 6.44. The number of aromatic hydroxyl groups is 1. The van der Waals surface area contributed by atoms with Crippen LogP contribution in [-0.4, -0.2) is 28.5 Å². The minimum atomic E-state index is -0.875. The maximum atomic E-state index is 11.6. The molecule has 0 bridgehead atoms. The van der Waals surface area contributed by atoms with Gasteiger partial charge in [-0.2, -0.15) is 0 Å². The number of anilines is 1. The average molecular weight is 282 g/mol. The van der Waals surface area contributed by atoms with Crippen molar-refractivity contribution < 1.29 is 19.7 Å². The number of aliphatic hydroxyl groups is 1. The molecule has 1 amide bonds. The van der Waals surface area contributed by atoms with Gasteiger partial charge in [-0.25, -0.2) is 4.79 Å². The van der Waals surface area contributed by atoms with Crippen LogP contribution in [0, 0.1) is 0 Å². The number of nitrogens with one attached hydrogen (secondary N) is 1. The number of phenolic OH excluding ortho intramolecular Hbond substituents is 1. The van der Waals surface area contributed by atoms with Crippen LogP contribution in [0.3, 0.4) is 0 Å². The molecule has 0 saturated carbocycles. The van der Waals surface area contributed by atoms with E-state index in [0.717, 1.165) is 0 Å². The molecule has 0 radical (unpaired) electrons. The molecule has 0 aromatic heterocycles. The number of nitrogens with two attached hydrogens (primary N) is 1. The molecule has 0 aliphatic heterocycles. The normalized spacial score (nSPS) is 12.8. The Kier molecular flexibility index (Phi) is 5.35. The second kappa shape index (κ2) is 6.58. The Bertz CT molecular complexity index is 469. The highest BCUT2D eigenvalue weighted by molar-refractivity contribution is 5.85. The first kappa shape index (κ1) is 16.3. The summed E-state index contributed by atoms with van der Waals surface area (Å²) in [7, 11) is 0. The van der Waals surface area contributed by atoms with Crippen LogP contribution in [0.4, 0.5) is 10.5 Å². The Balaban J connectivity index is 2.82. The number of phenols is 1. The summed E-state index contributed by atoms with van der Waals surface area (Å²) in [5, 5.41) is 22.1. The van der Waals surface area contributed by atoms with Crippen LogP contribution < -0.4 is 11.1 Å². The van der Waals surface area contributed by atoms with Crippen molar-refractivity contribution in [3.8, 4) is 5.75 Å². The molecule has 0 aliphatic carbocycles. The molecule has 0 fully saturated rings. The quantitative estimate of drug-likeness (QED) is 0.633. The van der Waals surface area contributed by atoms with Crippen molar-refractivity contribution in [1.29, 1.82) is 0 Å². The van der Waals surface area contributed by atoms with Crippen molar-refractivity contribution in [2.45, 2.75) is 38.9 Å². The van der Waals surface area contributed by atoms with E-state index in [1.165, 1.54) is 18.2 Å². The lowest BCUT2D eigenvalue weighted by Crippen LogP contribution is -2.27. The van der Waals surface area contributed by atoms with Crippen LogP contribution in [0.1, 0.15) is 38.9 Å². The van der Waals surface area contributed by atoms with Crippen LogP contribution >= 0.6 is 0 Å². The molecule has 112 valence electrons. The fourth-order valence-corrected chi connectivity index (χ4v) is 1.63. The molecule has 5 N–H and O–H groups in total. The van der Waals surface area contributed by atoms with Crippen LogP contribution in [0.5, 0.6) is 5.75 Å². The second-order valence-corrected chi connectivity index (χ2v) is 5.49. The van der Waals surface area contributed by atoms with Gasteiger partial charge in [-0.1, -0.05) is 0 Å². The predicted molar refractivity (Wildman–Crippen MR) is 76.6 cm³/mol. The molecule has 1 atom stereocenters. The molecule has 0 saturated heterocycles. The van der Waals surface area contributed by atoms with Crippen molar-refractivity contribution in [3.63, 3.8) is 0 Å². The van der Waals surface area contributed by atoms with E-state index in [9.17, 15) is 15.0 Å². The van der Waals surface area contributed by atoms with Gasteiger partial charge < -0.3 is 20.7 Å². The van der Waals surface area contributed by atoms with Crippen molar-refractivity contribution in [3.05, 3.63) is 23.8 Å². The van der Waals surface area contributed by atoms with Gasteiger partial charge in [0.05, 0.1) is 6.10 Å². The first-order valence-electron chi connectivity index (χ1n) is 6.44. The van der Waals surface area contributed by atoms with Crippen molar-refractivity contribution in [2.75, 3.05) is 11.9 Å². The zero-order valence-electron chi connectivity index (χ0n) is 12.0. The van der Waals surface area contributed by atoms with Gasteiger partial charge in [0.2, 0.25) is 0 Å². The lowest BCUT2D eigenvalue weighted by molar-refractivity contribution is 0.0635. The van der Waals surface area contributed by atoms with E-state index in [4.69, 9.17) is 10.5 Å². The van der Waals surface area contributed by atoms with Crippen molar-refractivity contribution >= 4 is 11.8 Å². The lowest BCUT2D eigenvalue weighted by Gasteiger charge is -2.20. The topological polar surface area (TPSA) is 105 Å². The number of amides is 1. The summed E-state index contributed by atoms with van der Waals surface area (Å²) in [4.78, 5) is 11.6. The largest absolute Gasteiger partial charge is 0.508 e. The molecule has 1 aromatic rings. The second-order valence-electron chi connectivity index (χ2n) is 5.49. The summed E-state index contributed by atoms with van der Waals surface area (Å²) in [6, 6.07) is 4.43. The number of carbonyl (C=O) groups is 1. The molecule has 1 rings (SSSR count). The summed E-state index contributed by atoms with van der Waals surface area (Å²) < 4.78 is 5.12. The SMILES string of the molecule is CC(C)(C)OC(=O)Nc1ccc(O)c([C@H](O)CCN)c1. The fourth-order valence-electron chi connectivity index (χ4n) is 1.63. The van der Waals surface area contributed by atoms with Crippen LogP contribution in [0.15, 0.2) is 18.2 Å². The molecule has 0 aliphatic rings. The summed E-state index contributed by atoms with van der Waals surface area (Å²) in [6.45, 7) is 5.59. The first-order chi connectivity index (χ1) is 9.23. The third-order valence-corrected chi connectivity index (χ3v) is 2.47. The smallest absolute Gasteiger partial charge is 0.412 e. The van der Waals surface area contributed by atoms with Crippen LogP contribution in [0.2, 0.25) is 0 Å². The van der Waals surface area contributed by atoms with Gasteiger partial charge in [0, 0.05) is 11.3 Å². The third kappa shape index (κ3) is 5.07. The van der Waals surface area contributed by atoms with E-state index >= 15 is 0 Å². The molecule has 6 heteroatoms. The zero-order chi connectivity index (χ0) is 15.3. The average Bonchev–Trinajstić information content (AvgIpc) is 2.29. The number of rotatable bonds is 4. The minimum absolute atomic E-state index is 0.0410. The van der Waals surface area contributed by atoms with Crippen LogP contribution in [0.25, 0.3) is 0 Å². The Morgan fingerprint density at radius 3 is 2.65 bits per heavy atom. The standard InChI is InChI=1S/C14H22N2O4/c1-14(2,3)20-13(19)16-9-4-5-11(17)10(8-9)12(18)6-7-15/h4-5,8,12,17-18H,6-7,15H2,1-3H3,(H,16,19)/t12-/m1/s1. The maximum Gasteiger partial charge on any atom is 0.412 e. The van der Waals surface area contributed by atoms with Crippen molar-refractivity contribution in [1.82, 2.24) is 0 Å². The molecule has 6 nitrogen and oxygen atoms in total. The van der Waals surface area contributed by atoms with Gasteiger partial charge in [-0.15, -0.1) is 0 Å². The van der Waals surface area contributed by atoms with Gasteiger partial charge in [0.15, 0.2) is 0 Å². The van der Waals surface area contributed by atoms with Crippen LogP contribution in [-0.2, 0) is 4.74 Å². The summed E-state index contributed by atoms with van der Waals surface area (Å²) in [5.74, 6) is -0.0410. The Labute approximate surface area is 118 Å². The lowest BCUT2D eigenvalue weighted by atomic mass is 10.0. The van der Waals surface area contributed by atoms with E-state index < -0.39 is 17.8 Å². The summed E-state index contributed by atoms with van der Waals surface area (Å²) >= 11 is 0. The Morgan fingerprint density at radius 2 is 2.10 bits per heavy atom. The Hall–Kier alpha value is -1.79. The molecule has 20 heavy (non-hydrogen) atoms. The summed E-state index contributed by atoms with van der Waals surface area (Å²) in [5.41, 5.74) is 5.54. The maximum absolute atomic E-state index is 11.6. The van der Waals surface area contributed by atoms with Crippen molar-refractivity contribution in [2.24, 2.45) is 5.73 Å². The molecule has 0 heterocycles. The van der Waals surface area contributed by atoms with E-state index in [0.29, 0.717) is 24.2 Å². The molecular weight excluding hydrogens is 260 g/mol. The number of carbonyl (C=O) groups excluding carboxylic acids is 1. The number of benzene rings is 1. The van der Waals surface area contributed by atoms with E-state index in [2.05, 4.69) is 5.32 Å². The minimum Gasteiger partial charge on any atom is -0.508 e. The number of hydrogen-bond donors (Lipinski definition) is 4. The van der Waals surface area contributed by atoms with Gasteiger partial charge in [-0.05, 0) is 51.9 Å². The van der Waals surface area contributed by atoms with Gasteiger partial charge in [-0.3, -0.25) is 5.32 Å². The Morgan fingerprint density at radius 1 is 1.45 bits per heavy atom. The monoisotopic (exact) mass is 282 g/mol. The fraction of sp³-hybridized carbons (Fsp3) is 0.500. The van der Waals surface area contributed by atoms with Gasteiger partial charge >= 0.3 is 6.09 Å². The van der Waals surface area contributed by atoms with E-state index in [1.807, 2.05) is 0 Å². The molecule has 1 aromatic carbocycles. The van der Waals surface area contributed by atoms with Gasteiger partial charge in [0.1, 0.15) is 11.4 Å². The highest BCUT2D eigenvalue weighted by atomic mass is 16.6. The third-order valence-electron chi connectivity index (χ3n) is 2.47. The molecule has 0 spiro atoms. The zero-order valence-corrected chi connectivity index (χ0v) is 12.0. The van der Waals surface area contributed by atoms with E-state index in [-0.39, 0.29) is 5.75 Å². The number of hydrogen-bond acceptors (Lipinski definition) is 5. The summed E-state index contributed by atoms with van der Waals surface area (Å²) in [6.07, 6.45) is -1.15. The number of aliphatic hydroxyl groups excluding tert-OH is 1.